The first kappa shape index (κ1) is 17.9. The molecule has 26 heavy (non-hydrogen) atoms. The minimum absolute atomic E-state index is 0.419. The van der Waals surface area contributed by atoms with Crippen LogP contribution in [0.25, 0.3) is 12.2 Å². The molecule has 0 saturated heterocycles. The molecular weight excluding hydrogens is 314 g/mol. The van der Waals surface area contributed by atoms with Gasteiger partial charge in [0, 0.05) is 5.54 Å². The Kier molecular flexibility index (Phi) is 6.19. The molecule has 0 unspecified atom stereocenters. The molecule has 0 aromatic heterocycles. The fourth-order valence-electron chi connectivity index (χ4n) is 3.03. The van der Waals surface area contributed by atoms with Crippen molar-refractivity contribution in [3.63, 3.8) is 0 Å². The topological polar surface area (TPSA) is 26.0 Å². The molecule has 1 heteroatoms. The standard InChI is InChI=1S/C25H25N/c26-25(24-18-8-3-9-19-24,20-10-16-22-12-4-1-5-13-22)21-11-17-23-14-6-2-7-15-23/h1-19H,20-21,26H2. The van der Waals surface area contributed by atoms with Gasteiger partial charge in [-0.2, -0.15) is 0 Å². The summed E-state index contributed by atoms with van der Waals surface area (Å²) >= 11 is 0. The quantitative estimate of drug-likeness (QED) is 0.557. The van der Waals surface area contributed by atoms with Crippen LogP contribution in [0.15, 0.2) is 103 Å². The molecule has 0 bridgehead atoms. The third kappa shape index (κ3) is 5.05. The van der Waals surface area contributed by atoms with Gasteiger partial charge < -0.3 is 5.73 Å². The SMILES string of the molecule is NC(CC=Cc1ccccc1)(CC=Cc1ccccc1)c1ccccc1. The number of benzene rings is 3. The predicted octanol–water partition coefficient (Wildman–Crippen LogP) is 6.05. The molecule has 0 amide bonds. The maximum atomic E-state index is 6.85. The van der Waals surface area contributed by atoms with E-state index in [1.165, 1.54) is 11.1 Å². The van der Waals surface area contributed by atoms with E-state index in [9.17, 15) is 0 Å². The highest BCUT2D eigenvalue weighted by Crippen LogP contribution is 2.28. The molecule has 130 valence electrons. The van der Waals surface area contributed by atoms with Gasteiger partial charge in [0.25, 0.3) is 0 Å². The average Bonchev–Trinajstić information content (AvgIpc) is 2.70. The predicted molar refractivity (Wildman–Crippen MR) is 112 cm³/mol. The molecule has 0 fully saturated rings. The van der Waals surface area contributed by atoms with E-state index in [-0.39, 0.29) is 0 Å². The highest BCUT2D eigenvalue weighted by atomic mass is 14.7. The third-order valence-electron chi connectivity index (χ3n) is 4.53. The van der Waals surface area contributed by atoms with Gasteiger partial charge in [-0.25, -0.2) is 0 Å². The Morgan fingerprint density at radius 3 is 1.38 bits per heavy atom. The van der Waals surface area contributed by atoms with Gasteiger partial charge in [-0.15, -0.1) is 0 Å². The van der Waals surface area contributed by atoms with E-state index < -0.39 is 5.54 Å². The number of hydrogen-bond acceptors (Lipinski definition) is 1. The van der Waals surface area contributed by atoms with Crippen LogP contribution >= 0.6 is 0 Å². The molecule has 3 aromatic carbocycles. The van der Waals surface area contributed by atoms with Crippen molar-refractivity contribution in [3.05, 3.63) is 120 Å². The highest BCUT2D eigenvalue weighted by Gasteiger charge is 2.24. The summed E-state index contributed by atoms with van der Waals surface area (Å²) in [6.07, 6.45) is 10.2. The molecule has 2 N–H and O–H groups in total. The average molecular weight is 339 g/mol. The smallest absolute Gasteiger partial charge is 0.0479 e. The maximum Gasteiger partial charge on any atom is 0.0479 e. The lowest BCUT2D eigenvalue weighted by Gasteiger charge is -2.28. The Hall–Kier alpha value is -2.90. The van der Waals surface area contributed by atoms with E-state index in [1.54, 1.807) is 0 Å². The van der Waals surface area contributed by atoms with Gasteiger partial charge >= 0.3 is 0 Å². The number of nitrogens with two attached hydrogens (primary N) is 1. The second kappa shape index (κ2) is 8.98. The number of hydrogen-bond donors (Lipinski definition) is 1. The maximum absolute atomic E-state index is 6.85. The van der Waals surface area contributed by atoms with Gasteiger partial charge in [-0.3, -0.25) is 0 Å². The second-order valence-electron chi connectivity index (χ2n) is 6.56. The van der Waals surface area contributed by atoms with E-state index in [2.05, 4.69) is 97.1 Å². The van der Waals surface area contributed by atoms with Crippen molar-refractivity contribution in [2.75, 3.05) is 0 Å². The first-order valence-corrected chi connectivity index (χ1v) is 9.04. The van der Waals surface area contributed by atoms with Crippen LogP contribution < -0.4 is 5.73 Å². The fourth-order valence-corrected chi connectivity index (χ4v) is 3.03. The van der Waals surface area contributed by atoms with Crippen LogP contribution in [0.5, 0.6) is 0 Å². The van der Waals surface area contributed by atoms with E-state index in [1.807, 2.05) is 18.2 Å². The summed E-state index contributed by atoms with van der Waals surface area (Å²) in [5, 5.41) is 0. The van der Waals surface area contributed by atoms with Gasteiger partial charge in [0.15, 0.2) is 0 Å². The zero-order valence-corrected chi connectivity index (χ0v) is 15.0. The first-order chi connectivity index (χ1) is 12.8. The molecular formula is C25H25N. The lowest BCUT2D eigenvalue weighted by atomic mass is 9.84. The van der Waals surface area contributed by atoms with Crippen LogP contribution in [0.2, 0.25) is 0 Å². The minimum Gasteiger partial charge on any atom is -0.321 e. The van der Waals surface area contributed by atoms with Gasteiger partial charge in [-0.05, 0) is 29.5 Å². The summed E-state index contributed by atoms with van der Waals surface area (Å²) < 4.78 is 0. The third-order valence-corrected chi connectivity index (χ3v) is 4.53. The van der Waals surface area contributed by atoms with Crippen LogP contribution in [0.3, 0.4) is 0 Å². The molecule has 0 saturated carbocycles. The van der Waals surface area contributed by atoms with Crippen molar-refractivity contribution in [1.29, 1.82) is 0 Å². The molecule has 1 nitrogen and oxygen atoms in total. The van der Waals surface area contributed by atoms with Crippen molar-refractivity contribution >= 4 is 12.2 Å². The largest absolute Gasteiger partial charge is 0.321 e. The molecule has 0 heterocycles. The van der Waals surface area contributed by atoms with Crippen molar-refractivity contribution in [2.45, 2.75) is 18.4 Å². The van der Waals surface area contributed by atoms with Crippen LogP contribution in [0, 0.1) is 0 Å². The summed E-state index contributed by atoms with van der Waals surface area (Å²) in [7, 11) is 0. The fraction of sp³-hybridized carbons (Fsp3) is 0.120. The molecule has 0 aliphatic rings. The van der Waals surface area contributed by atoms with E-state index in [0.29, 0.717) is 0 Å². The molecule has 0 spiro atoms. The Labute approximate surface area is 156 Å². The van der Waals surface area contributed by atoms with E-state index in [0.717, 1.165) is 18.4 Å². The van der Waals surface area contributed by atoms with Gasteiger partial charge in [-0.1, -0.05) is 115 Å². The second-order valence-corrected chi connectivity index (χ2v) is 6.56. The van der Waals surface area contributed by atoms with Gasteiger partial charge in [0.1, 0.15) is 0 Å². The summed E-state index contributed by atoms with van der Waals surface area (Å²) in [4.78, 5) is 0. The zero-order chi connectivity index (χ0) is 18.1. The normalized spacial score (nSPS) is 13.9. The Bertz CT molecular complexity index is 782. The number of rotatable bonds is 7. The Morgan fingerprint density at radius 2 is 0.962 bits per heavy atom. The summed E-state index contributed by atoms with van der Waals surface area (Å²) in [5.41, 5.74) is 9.98. The van der Waals surface area contributed by atoms with Crippen molar-refractivity contribution < 1.29 is 0 Å². The molecule has 0 atom stereocenters. The van der Waals surface area contributed by atoms with E-state index in [4.69, 9.17) is 5.73 Å². The summed E-state index contributed by atoms with van der Waals surface area (Å²) in [6, 6.07) is 31.1. The monoisotopic (exact) mass is 339 g/mol. The lowest BCUT2D eigenvalue weighted by Crippen LogP contribution is -2.35. The minimum atomic E-state index is -0.419. The highest BCUT2D eigenvalue weighted by molar-refractivity contribution is 5.50. The lowest BCUT2D eigenvalue weighted by molar-refractivity contribution is 0.457. The van der Waals surface area contributed by atoms with E-state index >= 15 is 0 Å². The van der Waals surface area contributed by atoms with Crippen molar-refractivity contribution in [2.24, 2.45) is 5.73 Å². The summed E-state index contributed by atoms with van der Waals surface area (Å²) in [5.74, 6) is 0. The first-order valence-electron chi connectivity index (χ1n) is 9.04. The van der Waals surface area contributed by atoms with Crippen LogP contribution in [0.4, 0.5) is 0 Å². The van der Waals surface area contributed by atoms with Crippen molar-refractivity contribution in [3.8, 4) is 0 Å². The zero-order valence-electron chi connectivity index (χ0n) is 15.0. The molecule has 3 rings (SSSR count). The van der Waals surface area contributed by atoms with Crippen molar-refractivity contribution in [1.82, 2.24) is 0 Å². The van der Waals surface area contributed by atoms with Crippen LogP contribution in [0.1, 0.15) is 29.5 Å². The van der Waals surface area contributed by atoms with Gasteiger partial charge in [0.05, 0.1) is 0 Å². The molecule has 0 radical (unpaired) electrons. The van der Waals surface area contributed by atoms with Gasteiger partial charge in [0.2, 0.25) is 0 Å². The van der Waals surface area contributed by atoms with Crippen LogP contribution in [-0.2, 0) is 5.54 Å². The Balaban J connectivity index is 1.76. The van der Waals surface area contributed by atoms with Crippen LogP contribution in [-0.4, -0.2) is 0 Å². The Morgan fingerprint density at radius 1 is 0.577 bits per heavy atom. The molecule has 0 aliphatic heterocycles. The molecule has 0 aliphatic carbocycles. The molecule has 3 aromatic rings. The summed E-state index contributed by atoms with van der Waals surface area (Å²) in [6.45, 7) is 0.